The summed E-state index contributed by atoms with van der Waals surface area (Å²) >= 11 is 0. The molecule has 1 aliphatic rings. The van der Waals surface area contributed by atoms with Gasteiger partial charge in [-0.05, 0) is 42.3 Å². The van der Waals surface area contributed by atoms with Crippen LogP contribution in [0.2, 0.25) is 0 Å². The van der Waals surface area contributed by atoms with Gasteiger partial charge in [0.1, 0.15) is 5.82 Å². The molecule has 0 bridgehead atoms. The predicted molar refractivity (Wildman–Crippen MR) is 122 cm³/mol. The molecular weight excluding hydrogens is 419 g/mol. The first kappa shape index (κ1) is 20.6. The van der Waals surface area contributed by atoms with Crippen molar-refractivity contribution < 1.29 is 13.7 Å². The van der Waals surface area contributed by atoms with Gasteiger partial charge in [0.25, 0.3) is 5.89 Å². The largest absolute Gasteiger partial charge is 0.334 e. The van der Waals surface area contributed by atoms with Crippen LogP contribution < -0.4 is 5.32 Å². The number of nitrogens with one attached hydrogen (secondary N) is 1. The summed E-state index contributed by atoms with van der Waals surface area (Å²) in [6.07, 6.45) is 0. The summed E-state index contributed by atoms with van der Waals surface area (Å²) in [5.41, 5.74) is 3.99. The van der Waals surface area contributed by atoms with Crippen molar-refractivity contribution in [2.75, 3.05) is 0 Å². The molecule has 0 radical (unpaired) electrons. The second kappa shape index (κ2) is 8.70. The number of halogens is 1. The Bertz CT molecular complexity index is 1300. The van der Waals surface area contributed by atoms with E-state index in [9.17, 15) is 9.18 Å². The molecule has 0 aliphatic carbocycles. The number of amides is 2. The molecule has 0 saturated carbocycles. The summed E-state index contributed by atoms with van der Waals surface area (Å²) < 4.78 is 19.0. The molecule has 33 heavy (non-hydrogen) atoms. The van der Waals surface area contributed by atoms with E-state index in [1.165, 1.54) is 12.1 Å². The number of rotatable bonds is 5. The third-order valence-electron chi connectivity index (χ3n) is 5.67. The summed E-state index contributed by atoms with van der Waals surface area (Å²) in [5.74, 6) is 0.319. The highest BCUT2D eigenvalue weighted by Gasteiger charge is 2.35. The SMILES string of the molecule is CC1=C(c2nc(-c3ccc(F)cc3)no2)C(c2ccccc2)NC(=O)N1Cc1ccccc1. The Labute approximate surface area is 190 Å². The smallest absolute Gasteiger partial charge is 0.322 e. The lowest BCUT2D eigenvalue weighted by molar-refractivity contribution is 0.203. The predicted octanol–water partition coefficient (Wildman–Crippen LogP) is 5.57. The van der Waals surface area contributed by atoms with Gasteiger partial charge in [0, 0.05) is 11.3 Å². The van der Waals surface area contributed by atoms with Crippen molar-refractivity contribution in [2.24, 2.45) is 0 Å². The molecule has 3 aromatic carbocycles. The molecule has 2 amide bonds. The van der Waals surface area contributed by atoms with Gasteiger partial charge in [-0.25, -0.2) is 9.18 Å². The molecule has 1 aliphatic heterocycles. The van der Waals surface area contributed by atoms with E-state index in [-0.39, 0.29) is 11.8 Å². The number of nitrogens with zero attached hydrogens (tertiary/aromatic N) is 3. The Balaban J connectivity index is 1.59. The minimum Gasteiger partial charge on any atom is -0.334 e. The average Bonchev–Trinajstić information content (AvgIpc) is 3.33. The Hall–Kier alpha value is -4.26. The van der Waals surface area contributed by atoms with E-state index in [1.807, 2.05) is 67.6 Å². The van der Waals surface area contributed by atoms with Gasteiger partial charge in [-0.15, -0.1) is 0 Å². The van der Waals surface area contributed by atoms with E-state index in [2.05, 4.69) is 15.5 Å². The third kappa shape index (κ3) is 4.13. The van der Waals surface area contributed by atoms with Crippen molar-refractivity contribution >= 4 is 11.6 Å². The fourth-order valence-corrected chi connectivity index (χ4v) is 3.96. The van der Waals surface area contributed by atoms with Crippen LogP contribution in [0, 0.1) is 5.82 Å². The summed E-state index contributed by atoms with van der Waals surface area (Å²) in [6, 6.07) is 24.7. The van der Waals surface area contributed by atoms with E-state index in [0.717, 1.165) is 22.4 Å². The Morgan fingerprint density at radius 1 is 0.970 bits per heavy atom. The molecule has 6 nitrogen and oxygen atoms in total. The van der Waals surface area contributed by atoms with E-state index in [4.69, 9.17) is 4.52 Å². The van der Waals surface area contributed by atoms with Crippen LogP contribution in [0.3, 0.4) is 0 Å². The first-order valence-electron chi connectivity index (χ1n) is 10.6. The fourth-order valence-electron chi connectivity index (χ4n) is 3.96. The number of urea groups is 1. The first-order chi connectivity index (χ1) is 16.1. The standard InChI is InChI=1S/C26H21FN4O2/c1-17-22(25-29-24(30-33-25)20-12-14-21(27)15-13-20)23(19-10-6-3-7-11-19)28-26(32)31(17)16-18-8-4-2-5-9-18/h2-15,23H,16H2,1H3,(H,28,32). The van der Waals surface area contributed by atoms with Crippen LogP contribution >= 0.6 is 0 Å². The van der Waals surface area contributed by atoms with Crippen LogP contribution in [0.4, 0.5) is 9.18 Å². The van der Waals surface area contributed by atoms with E-state index < -0.39 is 6.04 Å². The molecule has 164 valence electrons. The molecule has 0 fully saturated rings. The van der Waals surface area contributed by atoms with E-state index >= 15 is 0 Å². The Morgan fingerprint density at radius 2 is 1.64 bits per heavy atom. The normalized spacial score (nSPS) is 16.1. The van der Waals surface area contributed by atoms with Crippen molar-refractivity contribution in [1.29, 1.82) is 0 Å². The van der Waals surface area contributed by atoms with Crippen molar-refractivity contribution in [3.8, 4) is 11.4 Å². The molecular formula is C26H21FN4O2. The van der Waals surface area contributed by atoms with Gasteiger partial charge in [-0.3, -0.25) is 4.90 Å². The highest BCUT2D eigenvalue weighted by Crippen LogP contribution is 2.37. The van der Waals surface area contributed by atoms with E-state index in [1.54, 1.807) is 17.0 Å². The van der Waals surface area contributed by atoms with Gasteiger partial charge in [-0.2, -0.15) is 4.98 Å². The number of allylic oxidation sites excluding steroid dienone is 1. The molecule has 1 atom stereocenters. The van der Waals surface area contributed by atoms with Crippen molar-refractivity contribution in [3.63, 3.8) is 0 Å². The molecule has 0 spiro atoms. The number of hydrogen-bond acceptors (Lipinski definition) is 4. The zero-order valence-corrected chi connectivity index (χ0v) is 17.9. The maximum absolute atomic E-state index is 13.3. The van der Waals surface area contributed by atoms with Gasteiger partial charge >= 0.3 is 6.03 Å². The van der Waals surface area contributed by atoms with Gasteiger partial charge in [0.15, 0.2) is 0 Å². The van der Waals surface area contributed by atoms with Crippen molar-refractivity contribution in [1.82, 2.24) is 20.4 Å². The lowest BCUT2D eigenvalue weighted by Crippen LogP contribution is -2.45. The molecule has 0 saturated heterocycles. The lowest BCUT2D eigenvalue weighted by Gasteiger charge is -2.35. The van der Waals surface area contributed by atoms with Crippen molar-refractivity contribution in [3.05, 3.63) is 113 Å². The van der Waals surface area contributed by atoms with Crippen LogP contribution in [-0.2, 0) is 6.54 Å². The monoisotopic (exact) mass is 440 g/mol. The highest BCUT2D eigenvalue weighted by molar-refractivity contribution is 5.86. The van der Waals surface area contributed by atoms with E-state index in [0.29, 0.717) is 23.8 Å². The first-order valence-corrected chi connectivity index (χ1v) is 10.6. The molecule has 1 unspecified atom stereocenters. The maximum Gasteiger partial charge on any atom is 0.322 e. The van der Waals surface area contributed by atoms with Gasteiger partial charge in [0.05, 0.1) is 18.2 Å². The van der Waals surface area contributed by atoms with Crippen LogP contribution in [0.1, 0.15) is 30.0 Å². The molecule has 1 aromatic heterocycles. The number of carbonyl (C=O) groups is 1. The summed E-state index contributed by atoms with van der Waals surface area (Å²) in [5, 5.41) is 7.20. The van der Waals surface area contributed by atoms with Crippen LogP contribution in [0.5, 0.6) is 0 Å². The molecule has 5 rings (SSSR count). The van der Waals surface area contributed by atoms with Gasteiger partial charge < -0.3 is 9.84 Å². The summed E-state index contributed by atoms with van der Waals surface area (Å²) in [4.78, 5) is 19.4. The van der Waals surface area contributed by atoms with Crippen LogP contribution in [0.25, 0.3) is 17.0 Å². The minimum atomic E-state index is -0.452. The molecule has 4 aromatic rings. The summed E-state index contributed by atoms with van der Waals surface area (Å²) in [7, 11) is 0. The number of carbonyl (C=O) groups excluding carboxylic acids is 1. The lowest BCUT2D eigenvalue weighted by atomic mass is 9.94. The van der Waals surface area contributed by atoms with Gasteiger partial charge in [0.2, 0.25) is 5.82 Å². The van der Waals surface area contributed by atoms with Crippen molar-refractivity contribution in [2.45, 2.75) is 19.5 Å². The van der Waals surface area contributed by atoms with Crippen LogP contribution in [0.15, 0.2) is 95.1 Å². The van der Waals surface area contributed by atoms with Gasteiger partial charge in [-0.1, -0.05) is 65.8 Å². The molecule has 2 heterocycles. The molecule has 7 heteroatoms. The number of hydrogen-bond donors (Lipinski definition) is 1. The third-order valence-corrected chi connectivity index (χ3v) is 5.67. The second-order valence-electron chi connectivity index (χ2n) is 7.79. The quantitative estimate of drug-likeness (QED) is 0.440. The Kier molecular flexibility index (Phi) is 5.44. The highest BCUT2D eigenvalue weighted by atomic mass is 19.1. The Morgan fingerprint density at radius 3 is 2.33 bits per heavy atom. The molecule has 1 N–H and O–H groups in total. The maximum atomic E-state index is 13.3. The summed E-state index contributed by atoms with van der Waals surface area (Å²) in [6.45, 7) is 2.29. The second-order valence-corrected chi connectivity index (χ2v) is 7.79. The fraction of sp³-hybridized carbons (Fsp3) is 0.115. The zero-order valence-electron chi connectivity index (χ0n) is 17.9. The number of aromatic nitrogens is 2. The topological polar surface area (TPSA) is 71.3 Å². The van der Waals surface area contributed by atoms with Crippen LogP contribution in [-0.4, -0.2) is 21.1 Å². The minimum absolute atomic E-state index is 0.202. The zero-order chi connectivity index (χ0) is 22.8. The average molecular weight is 440 g/mol. The number of benzene rings is 3.